The fraction of sp³-hybridized carbons (Fsp3) is 0.429. The van der Waals surface area contributed by atoms with E-state index in [0.29, 0.717) is 0 Å². The zero-order chi connectivity index (χ0) is 13.2. The molecule has 18 heavy (non-hydrogen) atoms. The van der Waals surface area contributed by atoms with Gasteiger partial charge in [-0.05, 0) is 6.92 Å². The molecule has 0 amide bonds. The summed E-state index contributed by atoms with van der Waals surface area (Å²) in [6, 6.07) is 0. The first-order chi connectivity index (χ1) is 8.47. The number of phosphoric ester groups is 1. The largest absolute Gasteiger partial charge is 0.469 e. The van der Waals surface area contributed by atoms with E-state index < -0.39 is 20.1 Å². The van der Waals surface area contributed by atoms with Gasteiger partial charge < -0.3 is 9.79 Å². The third-order valence-corrected chi connectivity index (χ3v) is 2.75. The van der Waals surface area contributed by atoms with Gasteiger partial charge in [0.15, 0.2) is 6.17 Å². The van der Waals surface area contributed by atoms with Crippen LogP contribution in [0.2, 0.25) is 0 Å². The Kier molecular flexibility index (Phi) is 3.53. The number of hydrogen-bond acceptors (Lipinski definition) is 6. The van der Waals surface area contributed by atoms with Crippen molar-refractivity contribution in [1.82, 2.24) is 29.5 Å². The van der Waals surface area contributed by atoms with Crippen LogP contribution in [0.4, 0.5) is 0 Å². The average molecular weight is 274 g/mol. The molecule has 2 heterocycles. The molecule has 2 rings (SSSR count). The minimum atomic E-state index is -4.60. The first-order valence-electron chi connectivity index (χ1n) is 4.89. The quantitative estimate of drug-likeness (QED) is 0.692. The van der Waals surface area contributed by atoms with Gasteiger partial charge in [-0.15, -0.1) is 0 Å². The number of rotatable bonds is 5. The maximum absolute atomic E-state index is 10.9. The van der Waals surface area contributed by atoms with E-state index in [0.717, 1.165) is 0 Å². The van der Waals surface area contributed by atoms with Crippen LogP contribution in [0.3, 0.4) is 0 Å². The van der Waals surface area contributed by atoms with Gasteiger partial charge >= 0.3 is 7.82 Å². The Bertz CT molecular complexity index is 488. The summed E-state index contributed by atoms with van der Waals surface area (Å²) in [7, 11) is -4.60. The van der Waals surface area contributed by atoms with Crippen molar-refractivity contribution in [3.63, 3.8) is 0 Å². The molecule has 1 atom stereocenters. The average Bonchev–Trinajstić information content (AvgIpc) is 2.87. The minimum absolute atomic E-state index is 0.692. The van der Waals surface area contributed by atoms with Crippen molar-refractivity contribution < 1.29 is 18.9 Å². The van der Waals surface area contributed by atoms with Gasteiger partial charge in [0.2, 0.25) is 0 Å². The molecule has 0 bridgehead atoms. The first kappa shape index (κ1) is 12.8. The molecular weight excluding hydrogens is 263 g/mol. The van der Waals surface area contributed by atoms with Gasteiger partial charge in [-0.25, -0.2) is 23.9 Å². The van der Waals surface area contributed by atoms with Crippen molar-refractivity contribution in [2.24, 2.45) is 0 Å². The van der Waals surface area contributed by atoms with Crippen LogP contribution in [0, 0.1) is 0 Å². The molecule has 0 spiro atoms. The SMILES string of the molecule is CC(OP(=O)(O)O)C(n1cncn1)n1cncn1. The lowest BCUT2D eigenvalue weighted by Crippen LogP contribution is -2.31. The highest BCUT2D eigenvalue weighted by molar-refractivity contribution is 7.46. The van der Waals surface area contributed by atoms with Gasteiger partial charge in [0.1, 0.15) is 31.4 Å². The first-order valence-corrected chi connectivity index (χ1v) is 6.42. The zero-order valence-electron chi connectivity index (χ0n) is 9.31. The standard InChI is InChI=1S/C7H11N6O4P/c1-6(17-18(14,15)16)7(12-4-8-2-10-12)13-5-9-3-11-13/h2-7H,1H3,(H2,14,15,16). The van der Waals surface area contributed by atoms with Crippen molar-refractivity contribution in [3.8, 4) is 0 Å². The highest BCUT2D eigenvalue weighted by Crippen LogP contribution is 2.39. The number of aromatic nitrogens is 6. The number of nitrogens with zero attached hydrogens (tertiary/aromatic N) is 6. The molecule has 11 heteroatoms. The van der Waals surface area contributed by atoms with Gasteiger partial charge in [0.05, 0.1) is 0 Å². The molecule has 0 aliphatic rings. The fourth-order valence-corrected chi connectivity index (χ4v) is 2.07. The Morgan fingerprint density at radius 1 is 1.17 bits per heavy atom. The summed E-state index contributed by atoms with van der Waals surface area (Å²) in [5.41, 5.74) is 0. The lowest BCUT2D eigenvalue weighted by molar-refractivity contribution is 0.0819. The van der Waals surface area contributed by atoms with E-state index >= 15 is 0 Å². The Labute approximate surface area is 101 Å². The summed E-state index contributed by atoms with van der Waals surface area (Å²) in [6.45, 7) is 1.49. The van der Waals surface area contributed by atoms with Crippen LogP contribution in [0.25, 0.3) is 0 Å². The van der Waals surface area contributed by atoms with E-state index in [4.69, 9.17) is 9.79 Å². The van der Waals surface area contributed by atoms with E-state index in [1.807, 2.05) is 0 Å². The van der Waals surface area contributed by atoms with Gasteiger partial charge in [-0.1, -0.05) is 0 Å². The molecule has 2 aromatic rings. The normalized spacial score (nSPS) is 14.0. The molecule has 98 valence electrons. The summed E-state index contributed by atoms with van der Waals surface area (Å²) in [4.78, 5) is 25.2. The van der Waals surface area contributed by atoms with Crippen LogP contribution in [0.15, 0.2) is 25.3 Å². The van der Waals surface area contributed by atoms with Crippen LogP contribution in [0.5, 0.6) is 0 Å². The molecule has 2 N–H and O–H groups in total. The third-order valence-electron chi connectivity index (χ3n) is 2.14. The van der Waals surface area contributed by atoms with Crippen molar-refractivity contribution in [1.29, 1.82) is 0 Å². The molecule has 1 unspecified atom stereocenters. The Hall–Kier alpha value is -1.61. The summed E-state index contributed by atoms with van der Waals surface area (Å²) < 4.78 is 18.2. The van der Waals surface area contributed by atoms with Crippen molar-refractivity contribution in [2.75, 3.05) is 0 Å². The second-order valence-corrected chi connectivity index (χ2v) is 4.66. The molecule has 0 fully saturated rings. The Morgan fingerprint density at radius 3 is 2.00 bits per heavy atom. The minimum Gasteiger partial charge on any atom is -0.303 e. The fourth-order valence-electron chi connectivity index (χ4n) is 1.53. The predicted molar refractivity (Wildman–Crippen MR) is 57.1 cm³/mol. The van der Waals surface area contributed by atoms with Crippen molar-refractivity contribution >= 4 is 7.82 Å². The van der Waals surface area contributed by atoms with Crippen LogP contribution in [0.1, 0.15) is 13.1 Å². The molecule has 0 aromatic carbocycles. The summed E-state index contributed by atoms with van der Waals surface area (Å²) in [5.74, 6) is 0. The van der Waals surface area contributed by atoms with Gasteiger partial charge in [0.25, 0.3) is 0 Å². The molecule has 0 aliphatic heterocycles. The van der Waals surface area contributed by atoms with Crippen molar-refractivity contribution in [2.45, 2.75) is 19.2 Å². The van der Waals surface area contributed by atoms with E-state index in [9.17, 15) is 4.57 Å². The predicted octanol–water partition coefficient (Wildman–Crippen LogP) is -0.586. The molecular formula is C7H11N6O4P. The monoisotopic (exact) mass is 274 g/mol. The van der Waals surface area contributed by atoms with Crippen LogP contribution in [-0.2, 0) is 9.09 Å². The summed E-state index contributed by atoms with van der Waals surface area (Å²) in [6.07, 6.45) is 3.82. The Balaban J connectivity index is 2.29. The smallest absolute Gasteiger partial charge is 0.303 e. The molecule has 0 saturated carbocycles. The highest BCUT2D eigenvalue weighted by Gasteiger charge is 2.29. The molecule has 2 aromatic heterocycles. The van der Waals surface area contributed by atoms with Crippen LogP contribution >= 0.6 is 7.82 Å². The zero-order valence-corrected chi connectivity index (χ0v) is 10.2. The lowest BCUT2D eigenvalue weighted by Gasteiger charge is -2.23. The van der Waals surface area contributed by atoms with E-state index in [1.54, 1.807) is 0 Å². The second-order valence-electron chi connectivity index (χ2n) is 3.47. The summed E-state index contributed by atoms with van der Waals surface area (Å²) in [5, 5.41) is 7.82. The second kappa shape index (κ2) is 4.94. The van der Waals surface area contributed by atoms with Gasteiger partial charge in [-0.3, -0.25) is 4.52 Å². The highest BCUT2D eigenvalue weighted by atomic mass is 31.2. The molecule has 0 aliphatic carbocycles. The number of phosphoric acid groups is 1. The Morgan fingerprint density at radius 2 is 1.67 bits per heavy atom. The summed E-state index contributed by atoms with van der Waals surface area (Å²) >= 11 is 0. The molecule has 0 saturated heterocycles. The molecule has 10 nitrogen and oxygen atoms in total. The maximum Gasteiger partial charge on any atom is 0.469 e. The van der Waals surface area contributed by atoms with Gasteiger partial charge in [-0.2, -0.15) is 10.2 Å². The third kappa shape index (κ3) is 2.99. The lowest BCUT2D eigenvalue weighted by atomic mass is 10.3. The number of hydrogen-bond donors (Lipinski definition) is 2. The van der Waals surface area contributed by atoms with E-state index in [-0.39, 0.29) is 0 Å². The van der Waals surface area contributed by atoms with Crippen LogP contribution in [-0.4, -0.2) is 45.4 Å². The van der Waals surface area contributed by atoms with E-state index in [1.165, 1.54) is 41.6 Å². The van der Waals surface area contributed by atoms with Gasteiger partial charge in [0, 0.05) is 0 Å². The maximum atomic E-state index is 10.9. The van der Waals surface area contributed by atoms with E-state index in [2.05, 4.69) is 24.7 Å². The molecule has 0 radical (unpaired) electrons. The van der Waals surface area contributed by atoms with Crippen LogP contribution < -0.4 is 0 Å². The van der Waals surface area contributed by atoms with Crippen molar-refractivity contribution in [3.05, 3.63) is 25.3 Å². The topological polar surface area (TPSA) is 128 Å².